The van der Waals surface area contributed by atoms with Crippen molar-refractivity contribution in [1.82, 2.24) is 4.90 Å². The Hall–Kier alpha value is -2.97. The lowest BCUT2D eigenvalue weighted by atomic mass is 9.90. The lowest BCUT2D eigenvalue weighted by Crippen LogP contribution is -2.42. The number of nitrogens with zero attached hydrogens (tertiary/aromatic N) is 2. The molecule has 0 unspecified atom stereocenters. The molecule has 2 aromatic carbocycles. The summed E-state index contributed by atoms with van der Waals surface area (Å²) in [7, 11) is 0. The van der Waals surface area contributed by atoms with E-state index in [1.54, 1.807) is 25.1 Å². The summed E-state index contributed by atoms with van der Waals surface area (Å²) < 4.78 is 0. The zero-order chi connectivity index (χ0) is 22.5. The van der Waals surface area contributed by atoms with Crippen LogP contribution in [-0.2, 0) is 11.3 Å². The van der Waals surface area contributed by atoms with Gasteiger partial charge in [0.1, 0.15) is 0 Å². The number of rotatable bonds is 6. The normalized spacial score (nSPS) is 18.3. The Morgan fingerprint density at radius 2 is 1.81 bits per heavy atom. The van der Waals surface area contributed by atoms with Crippen LogP contribution in [0.4, 0.5) is 11.4 Å². The highest BCUT2D eigenvalue weighted by Gasteiger charge is 2.26. The van der Waals surface area contributed by atoms with Crippen LogP contribution in [0.2, 0.25) is 5.02 Å². The van der Waals surface area contributed by atoms with Gasteiger partial charge in [-0.2, -0.15) is 0 Å². The van der Waals surface area contributed by atoms with Crippen molar-refractivity contribution in [3.8, 4) is 0 Å². The van der Waals surface area contributed by atoms with Crippen molar-refractivity contribution in [2.75, 3.05) is 5.32 Å². The third-order valence-electron chi connectivity index (χ3n) is 5.57. The van der Waals surface area contributed by atoms with Crippen molar-refractivity contribution in [2.24, 2.45) is 5.73 Å². The number of hydrogen-bond acceptors (Lipinski definition) is 5. The first-order valence-corrected chi connectivity index (χ1v) is 10.5. The van der Waals surface area contributed by atoms with E-state index in [0.717, 1.165) is 31.2 Å². The van der Waals surface area contributed by atoms with E-state index in [1.165, 1.54) is 24.3 Å². The summed E-state index contributed by atoms with van der Waals surface area (Å²) >= 11 is 6.37. The number of benzene rings is 2. The molecule has 1 aliphatic carbocycles. The number of carbonyl (C=O) groups is 2. The van der Waals surface area contributed by atoms with Gasteiger partial charge >= 0.3 is 0 Å². The molecule has 0 atom stereocenters. The van der Waals surface area contributed by atoms with Crippen LogP contribution in [0, 0.1) is 10.1 Å². The number of nitro groups is 1. The van der Waals surface area contributed by atoms with Gasteiger partial charge in [-0.25, -0.2) is 0 Å². The molecule has 9 heteroatoms. The summed E-state index contributed by atoms with van der Waals surface area (Å²) in [4.78, 5) is 36.9. The third-order valence-corrected chi connectivity index (χ3v) is 5.94. The van der Waals surface area contributed by atoms with E-state index in [4.69, 9.17) is 17.3 Å². The zero-order valence-corrected chi connectivity index (χ0v) is 18.0. The van der Waals surface area contributed by atoms with E-state index < -0.39 is 10.8 Å². The maximum atomic E-state index is 12.5. The lowest BCUT2D eigenvalue weighted by molar-refractivity contribution is -0.384. The van der Waals surface area contributed by atoms with Crippen LogP contribution in [0.25, 0.3) is 0 Å². The molecule has 0 spiro atoms. The van der Waals surface area contributed by atoms with Crippen molar-refractivity contribution < 1.29 is 14.5 Å². The van der Waals surface area contributed by atoms with E-state index in [2.05, 4.69) is 5.32 Å². The number of amides is 2. The van der Waals surface area contributed by atoms with E-state index in [0.29, 0.717) is 22.8 Å². The average molecular weight is 445 g/mol. The number of non-ortho nitro benzene ring substituents is 1. The molecule has 0 aromatic heterocycles. The van der Waals surface area contributed by atoms with Gasteiger partial charge in [0.25, 0.3) is 11.6 Å². The molecular weight excluding hydrogens is 420 g/mol. The van der Waals surface area contributed by atoms with Crippen molar-refractivity contribution in [1.29, 1.82) is 0 Å². The first kappa shape index (κ1) is 22.7. The van der Waals surface area contributed by atoms with Crippen LogP contribution in [0.15, 0.2) is 42.5 Å². The molecule has 0 radical (unpaired) electrons. The molecule has 3 N–H and O–H groups in total. The van der Waals surface area contributed by atoms with E-state index in [9.17, 15) is 19.7 Å². The molecule has 0 saturated heterocycles. The van der Waals surface area contributed by atoms with Crippen LogP contribution < -0.4 is 11.1 Å². The monoisotopic (exact) mass is 444 g/mol. The highest BCUT2D eigenvalue weighted by molar-refractivity contribution is 6.31. The van der Waals surface area contributed by atoms with Crippen LogP contribution in [0.1, 0.15) is 48.5 Å². The first-order chi connectivity index (χ1) is 14.7. The van der Waals surface area contributed by atoms with Crippen LogP contribution in [0.3, 0.4) is 0 Å². The Bertz CT molecular complexity index is 972. The van der Waals surface area contributed by atoms with Crippen molar-refractivity contribution in [3.05, 3.63) is 68.7 Å². The Balaban J connectivity index is 1.73. The fourth-order valence-electron chi connectivity index (χ4n) is 3.81. The smallest absolute Gasteiger partial charge is 0.269 e. The number of hydrogen-bond donors (Lipinski definition) is 2. The van der Waals surface area contributed by atoms with Gasteiger partial charge in [-0.15, -0.1) is 0 Å². The molecule has 0 aliphatic heterocycles. The topological polar surface area (TPSA) is 119 Å². The van der Waals surface area contributed by atoms with Gasteiger partial charge in [0.05, 0.1) is 4.92 Å². The first-order valence-electron chi connectivity index (χ1n) is 10.1. The quantitative estimate of drug-likeness (QED) is 0.513. The number of nitro benzene ring substituents is 1. The SMILES string of the molecule is CC(=O)N(Cc1cc(NC(=O)c2ccc([N+](=O)[O-])cc2)ccc1Cl)C1CCC(N)CC1. The molecule has 0 bridgehead atoms. The average Bonchev–Trinajstić information content (AvgIpc) is 2.74. The minimum atomic E-state index is -0.520. The van der Waals surface area contributed by atoms with E-state index >= 15 is 0 Å². The second kappa shape index (κ2) is 9.89. The Morgan fingerprint density at radius 3 is 2.39 bits per heavy atom. The van der Waals surface area contributed by atoms with Gasteiger partial charge in [-0.3, -0.25) is 19.7 Å². The van der Waals surface area contributed by atoms with Gasteiger partial charge < -0.3 is 16.0 Å². The summed E-state index contributed by atoms with van der Waals surface area (Å²) in [6.45, 7) is 1.89. The zero-order valence-electron chi connectivity index (χ0n) is 17.2. The molecule has 1 aliphatic rings. The van der Waals surface area contributed by atoms with Gasteiger partial charge in [-0.1, -0.05) is 11.6 Å². The molecule has 1 fully saturated rings. The van der Waals surface area contributed by atoms with Gasteiger partial charge in [0, 0.05) is 54.0 Å². The number of nitrogens with two attached hydrogens (primary N) is 1. The molecule has 1 saturated carbocycles. The molecule has 3 rings (SSSR count). The molecule has 2 aromatic rings. The second-order valence-corrected chi connectivity index (χ2v) is 8.19. The number of nitrogens with one attached hydrogen (secondary N) is 1. The standard InChI is InChI=1S/C22H25ClN4O4/c1-14(28)26(19-9-4-17(24)5-10-19)13-16-12-18(6-11-21(16)23)25-22(29)15-2-7-20(8-3-15)27(30)31/h2-3,6-8,11-12,17,19H,4-5,9-10,13,24H2,1H3,(H,25,29). The Kier molecular flexibility index (Phi) is 7.25. The summed E-state index contributed by atoms with van der Waals surface area (Å²) in [6.07, 6.45) is 3.48. The number of halogens is 1. The van der Waals surface area contributed by atoms with Crippen LogP contribution in [0.5, 0.6) is 0 Å². The minimum Gasteiger partial charge on any atom is -0.336 e. The summed E-state index contributed by atoms with van der Waals surface area (Å²) in [5.41, 5.74) is 7.46. The molecule has 0 heterocycles. The number of carbonyl (C=O) groups excluding carboxylic acids is 2. The summed E-state index contributed by atoms with van der Waals surface area (Å²) in [5.74, 6) is -0.426. The molecular formula is C22H25ClN4O4. The van der Waals surface area contributed by atoms with Gasteiger partial charge in [0.2, 0.25) is 5.91 Å². The maximum absolute atomic E-state index is 12.5. The van der Waals surface area contributed by atoms with Crippen LogP contribution >= 0.6 is 11.6 Å². The van der Waals surface area contributed by atoms with E-state index in [1.807, 2.05) is 4.90 Å². The largest absolute Gasteiger partial charge is 0.336 e. The fourth-order valence-corrected chi connectivity index (χ4v) is 3.98. The Labute approximate surface area is 185 Å². The van der Waals surface area contributed by atoms with Crippen molar-refractivity contribution in [3.63, 3.8) is 0 Å². The fraction of sp³-hybridized carbons (Fsp3) is 0.364. The van der Waals surface area contributed by atoms with Gasteiger partial charge in [0.15, 0.2) is 0 Å². The lowest BCUT2D eigenvalue weighted by Gasteiger charge is -2.35. The molecule has 2 amide bonds. The second-order valence-electron chi connectivity index (χ2n) is 7.78. The summed E-state index contributed by atoms with van der Waals surface area (Å²) in [6, 6.07) is 10.8. The molecule has 8 nitrogen and oxygen atoms in total. The van der Waals surface area contributed by atoms with Crippen LogP contribution in [-0.4, -0.2) is 33.7 Å². The summed E-state index contributed by atoms with van der Waals surface area (Å²) in [5, 5.41) is 14.0. The highest BCUT2D eigenvalue weighted by atomic mass is 35.5. The predicted molar refractivity (Wildman–Crippen MR) is 119 cm³/mol. The Morgan fingerprint density at radius 1 is 1.16 bits per heavy atom. The van der Waals surface area contributed by atoms with Gasteiger partial charge in [-0.05, 0) is 61.6 Å². The molecule has 31 heavy (non-hydrogen) atoms. The van der Waals surface area contributed by atoms with E-state index in [-0.39, 0.29) is 23.7 Å². The predicted octanol–water partition coefficient (Wildman–Crippen LogP) is 4.12. The minimum absolute atomic E-state index is 0.0307. The number of anilines is 1. The maximum Gasteiger partial charge on any atom is 0.269 e. The highest BCUT2D eigenvalue weighted by Crippen LogP contribution is 2.28. The van der Waals surface area contributed by atoms with Crippen molar-refractivity contribution >= 4 is 34.8 Å². The van der Waals surface area contributed by atoms with Crippen molar-refractivity contribution in [2.45, 2.75) is 51.2 Å². The molecule has 164 valence electrons. The third kappa shape index (κ3) is 5.80.